The molecule has 0 aliphatic heterocycles. The van der Waals surface area contributed by atoms with Gasteiger partial charge in [0.2, 0.25) is 0 Å². The van der Waals surface area contributed by atoms with Gasteiger partial charge >= 0.3 is 0 Å². The third-order valence-electron chi connectivity index (χ3n) is 4.57. The van der Waals surface area contributed by atoms with Crippen molar-refractivity contribution in [2.45, 2.75) is 58.7 Å². The first-order chi connectivity index (χ1) is 9.52. The van der Waals surface area contributed by atoms with Gasteiger partial charge in [-0.05, 0) is 56.0 Å². The third-order valence-corrected chi connectivity index (χ3v) is 4.57. The molecule has 1 N–H and O–H groups in total. The van der Waals surface area contributed by atoms with Crippen LogP contribution in [0.15, 0.2) is 24.5 Å². The third kappa shape index (κ3) is 4.03. The molecule has 20 heavy (non-hydrogen) atoms. The Labute approximate surface area is 123 Å². The molecule has 1 saturated carbocycles. The monoisotopic (exact) mass is 275 g/mol. The minimum Gasteiger partial charge on any atom is -0.313 e. The van der Waals surface area contributed by atoms with Crippen molar-refractivity contribution in [2.24, 2.45) is 5.41 Å². The van der Waals surface area contributed by atoms with Crippen LogP contribution in [0.1, 0.15) is 45.6 Å². The van der Waals surface area contributed by atoms with E-state index in [-0.39, 0.29) is 0 Å². The van der Waals surface area contributed by atoms with E-state index in [0.717, 1.165) is 13.1 Å². The van der Waals surface area contributed by atoms with Gasteiger partial charge < -0.3 is 5.32 Å². The number of nitrogens with zero attached hydrogens (tertiary/aromatic N) is 2. The summed E-state index contributed by atoms with van der Waals surface area (Å²) in [6.45, 7) is 9.08. The fourth-order valence-electron chi connectivity index (χ4n) is 3.41. The van der Waals surface area contributed by atoms with Crippen molar-refractivity contribution < 1.29 is 0 Å². The van der Waals surface area contributed by atoms with Crippen LogP contribution in [-0.2, 0) is 6.54 Å². The number of pyridine rings is 1. The molecule has 1 aromatic heterocycles. The highest BCUT2D eigenvalue weighted by atomic mass is 15.2. The summed E-state index contributed by atoms with van der Waals surface area (Å²) >= 11 is 0. The maximum atomic E-state index is 4.10. The van der Waals surface area contributed by atoms with E-state index >= 15 is 0 Å². The zero-order chi connectivity index (χ0) is 14.6. The second kappa shape index (κ2) is 6.68. The van der Waals surface area contributed by atoms with Crippen LogP contribution in [0.4, 0.5) is 0 Å². The number of aromatic nitrogens is 1. The second-order valence-electron chi connectivity index (χ2n) is 6.91. The van der Waals surface area contributed by atoms with Crippen LogP contribution in [0.2, 0.25) is 0 Å². The molecule has 2 rings (SSSR count). The maximum Gasteiger partial charge on any atom is 0.0271 e. The second-order valence-corrected chi connectivity index (χ2v) is 6.91. The lowest BCUT2D eigenvalue weighted by molar-refractivity contribution is 0.0781. The first-order valence-corrected chi connectivity index (χ1v) is 7.84. The molecule has 112 valence electrons. The van der Waals surface area contributed by atoms with Crippen molar-refractivity contribution >= 4 is 0 Å². The molecule has 1 aliphatic carbocycles. The van der Waals surface area contributed by atoms with Gasteiger partial charge in [0.05, 0.1) is 0 Å². The topological polar surface area (TPSA) is 28.2 Å². The summed E-state index contributed by atoms with van der Waals surface area (Å²) in [5, 5.41) is 3.68. The lowest BCUT2D eigenvalue weighted by Gasteiger charge is -2.45. The summed E-state index contributed by atoms with van der Waals surface area (Å²) in [7, 11) is 2.26. The summed E-state index contributed by atoms with van der Waals surface area (Å²) in [5.41, 5.74) is 1.81. The van der Waals surface area contributed by atoms with Gasteiger partial charge in [-0.2, -0.15) is 0 Å². The Morgan fingerprint density at radius 2 is 2.05 bits per heavy atom. The fourth-order valence-corrected chi connectivity index (χ4v) is 3.41. The van der Waals surface area contributed by atoms with E-state index in [2.05, 4.69) is 55.2 Å². The first kappa shape index (κ1) is 15.5. The molecular formula is C17H29N3. The Morgan fingerprint density at radius 3 is 2.70 bits per heavy atom. The van der Waals surface area contributed by atoms with Crippen molar-refractivity contribution in [3.63, 3.8) is 0 Å². The van der Waals surface area contributed by atoms with Gasteiger partial charge in [0.1, 0.15) is 0 Å². The highest BCUT2D eigenvalue weighted by Gasteiger charge is 2.36. The molecule has 0 amide bonds. The summed E-state index contributed by atoms with van der Waals surface area (Å²) in [4.78, 5) is 6.62. The van der Waals surface area contributed by atoms with Crippen LogP contribution in [0.3, 0.4) is 0 Å². The Balaban J connectivity index is 2.05. The Morgan fingerprint density at radius 1 is 1.35 bits per heavy atom. The SMILES string of the molecule is CCNC1CCC(C)(C)CC1N(C)Cc1ccncc1. The molecule has 2 unspecified atom stereocenters. The van der Waals surface area contributed by atoms with E-state index in [0.29, 0.717) is 17.5 Å². The standard InChI is InChI=1S/C17H29N3/c1-5-19-15-6-9-17(2,3)12-16(15)20(4)13-14-7-10-18-11-8-14/h7-8,10-11,15-16,19H,5-6,9,12-13H2,1-4H3. The largest absolute Gasteiger partial charge is 0.313 e. The summed E-state index contributed by atoms with van der Waals surface area (Å²) in [6, 6.07) is 5.48. The Hall–Kier alpha value is -0.930. The van der Waals surface area contributed by atoms with E-state index in [9.17, 15) is 0 Å². The first-order valence-electron chi connectivity index (χ1n) is 7.84. The molecule has 3 heteroatoms. The van der Waals surface area contributed by atoms with Crippen molar-refractivity contribution in [1.82, 2.24) is 15.2 Å². The maximum absolute atomic E-state index is 4.10. The lowest BCUT2D eigenvalue weighted by atomic mass is 9.72. The zero-order valence-electron chi connectivity index (χ0n) is 13.4. The van der Waals surface area contributed by atoms with Gasteiger partial charge in [-0.15, -0.1) is 0 Å². The highest BCUT2D eigenvalue weighted by Crippen LogP contribution is 2.37. The highest BCUT2D eigenvalue weighted by molar-refractivity contribution is 5.10. The van der Waals surface area contributed by atoms with E-state index in [1.54, 1.807) is 0 Å². The van der Waals surface area contributed by atoms with Crippen LogP contribution < -0.4 is 5.32 Å². The number of likely N-dealkylation sites (N-methyl/N-ethyl adjacent to an activating group) is 2. The fraction of sp³-hybridized carbons (Fsp3) is 0.706. The number of nitrogens with one attached hydrogen (secondary N) is 1. The van der Waals surface area contributed by atoms with E-state index < -0.39 is 0 Å². The molecule has 0 radical (unpaired) electrons. The van der Waals surface area contributed by atoms with E-state index in [1.165, 1.54) is 24.8 Å². The van der Waals surface area contributed by atoms with Crippen molar-refractivity contribution in [3.05, 3.63) is 30.1 Å². The quantitative estimate of drug-likeness (QED) is 0.895. The minimum absolute atomic E-state index is 0.461. The molecule has 0 saturated heterocycles. The Kier molecular flexibility index (Phi) is 5.17. The minimum atomic E-state index is 0.461. The van der Waals surface area contributed by atoms with Gasteiger partial charge in [-0.3, -0.25) is 9.88 Å². The van der Waals surface area contributed by atoms with Crippen molar-refractivity contribution in [1.29, 1.82) is 0 Å². The van der Waals surface area contributed by atoms with Gasteiger partial charge in [-0.25, -0.2) is 0 Å². The summed E-state index contributed by atoms with van der Waals surface area (Å²) in [6.07, 6.45) is 7.65. The molecule has 2 atom stereocenters. The van der Waals surface area contributed by atoms with Crippen molar-refractivity contribution in [2.75, 3.05) is 13.6 Å². The lowest BCUT2D eigenvalue weighted by Crippen LogP contribution is -2.53. The molecular weight excluding hydrogens is 246 g/mol. The van der Waals surface area contributed by atoms with Crippen LogP contribution >= 0.6 is 0 Å². The molecule has 1 aromatic rings. The molecule has 3 nitrogen and oxygen atoms in total. The Bertz CT molecular complexity index is 402. The summed E-state index contributed by atoms with van der Waals surface area (Å²) in [5.74, 6) is 0. The smallest absolute Gasteiger partial charge is 0.0271 e. The van der Waals surface area contributed by atoms with Gasteiger partial charge in [0.25, 0.3) is 0 Å². The predicted octanol–water partition coefficient (Wildman–Crippen LogP) is 3.07. The molecule has 1 heterocycles. The average molecular weight is 275 g/mol. The molecule has 0 bridgehead atoms. The van der Waals surface area contributed by atoms with Crippen LogP contribution in [-0.4, -0.2) is 35.6 Å². The summed E-state index contributed by atoms with van der Waals surface area (Å²) < 4.78 is 0. The number of hydrogen-bond acceptors (Lipinski definition) is 3. The van der Waals surface area contributed by atoms with Gasteiger partial charge in [0, 0.05) is 31.0 Å². The van der Waals surface area contributed by atoms with Gasteiger partial charge in [-0.1, -0.05) is 20.8 Å². The van der Waals surface area contributed by atoms with E-state index in [4.69, 9.17) is 0 Å². The average Bonchev–Trinajstić information content (AvgIpc) is 2.42. The van der Waals surface area contributed by atoms with Crippen LogP contribution in [0.25, 0.3) is 0 Å². The van der Waals surface area contributed by atoms with Crippen LogP contribution in [0.5, 0.6) is 0 Å². The van der Waals surface area contributed by atoms with E-state index in [1.807, 2.05) is 12.4 Å². The predicted molar refractivity (Wildman–Crippen MR) is 84.6 cm³/mol. The molecule has 0 aromatic carbocycles. The zero-order valence-corrected chi connectivity index (χ0v) is 13.4. The van der Waals surface area contributed by atoms with Crippen molar-refractivity contribution in [3.8, 4) is 0 Å². The normalized spacial score (nSPS) is 25.9. The van der Waals surface area contributed by atoms with Crippen LogP contribution in [0, 0.1) is 5.41 Å². The molecule has 1 fully saturated rings. The molecule has 0 spiro atoms. The number of rotatable bonds is 5. The number of hydrogen-bond donors (Lipinski definition) is 1. The molecule has 1 aliphatic rings. The van der Waals surface area contributed by atoms with Gasteiger partial charge in [0.15, 0.2) is 0 Å².